The van der Waals surface area contributed by atoms with Crippen LogP contribution in [0.4, 0.5) is 14.5 Å². The fourth-order valence-electron chi connectivity index (χ4n) is 2.54. The highest BCUT2D eigenvalue weighted by Gasteiger charge is 2.24. The lowest BCUT2D eigenvalue weighted by atomic mass is 9.93. The van der Waals surface area contributed by atoms with Crippen molar-refractivity contribution in [3.63, 3.8) is 0 Å². The van der Waals surface area contributed by atoms with Crippen LogP contribution in [0.15, 0.2) is 41.3 Å². The summed E-state index contributed by atoms with van der Waals surface area (Å²) in [4.78, 5) is -0.698. The van der Waals surface area contributed by atoms with E-state index in [2.05, 4.69) is 4.72 Å². The summed E-state index contributed by atoms with van der Waals surface area (Å²) in [5.41, 5.74) is 2.05. The minimum Gasteiger partial charge on any atom is -0.279 e. The lowest BCUT2D eigenvalue weighted by molar-refractivity contribution is 0.555. The first-order valence-corrected chi connectivity index (χ1v) is 9.22. The number of sulfonamides is 1. The highest BCUT2D eigenvalue weighted by molar-refractivity contribution is 7.92. The summed E-state index contributed by atoms with van der Waals surface area (Å²) in [5, 5.41) is 0. The van der Waals surface area contributed by atoms with Crippen LogP contribution in [0.25, 0.3) is 0 Å². The largest absolute Gasteiger partial charge is 0.279 e. The lowest BCUT2D eigenvalue weighted by Gasteiger charge is -2.21. The summed E-state index contributed by atoms with van der Waals surface area (Å²) in [7, 11) is -4.24. The van der Waals surface area contributed by atoms with Gasteiger partial charge >= 0.3 is 0 Å². The molecule has 0 aromatic heterocycles. The first-order valence-electron chi connectivity index (χ1n) is 7.74. The van der Waals surface area contributed by atoms with Gasteiger partial charge in [0.15, 0.2) is 0 Å². The van der Waals surface area contributed by atoms with Crippen LogP contribution in [-0.4, -0.2) is 8.42 Å². The Morgan fingerprint density at radius 2 is 1.46 bits per heavy atom. The first kappa shape index (κ1) is 18.4. The SMILES string of the molecule is CC(C)c1cccc(C(C)C)c1NS(=O)(=O)c1cc(F)ccc1F. The molecule has 0 radical (unpaired) electrons. The van der Waals surface area contributed by atoms with E-state index >= 15 is 0 Å². The zero-order valence-electron chi connectivity index (χ0n) is 14.1. The molecule has 130 valence electrons. The van der Waals surface area contributed by atoms with Crippen molar-refractivity contribution in [2.24, 2.45) is 0 Å². The zero-order chi connectivity index (χ0) is 18.1. The van der Waals surface area contributed by atoms with Crippen LogP contribution in [0.2, 0.25) is 0 Å². The highest BCUT2D eigenvalue weighted by Crippen LogP contribution is 2.34. The average Bonchev–Trinajstić information content (AvgIpc) is 2.48. The molecule has 24 heavy (non-hydrogen) atoms. The first-order chi connectivity index (χ1) is 11.1. The Morgan fingerprint density at radius 3 is 1.96 bits per heavy atom. The molecule has 0 spiro atoms. The molecule has 0 fully saturated rings. The molecule has 2 aromatic rings. The van der Waals surface area contributed by atoms with Crippen molar-refractivity contribution in [2.75, 3.05) is 4.72 Å². The van der Waals surface area contributed by atoms with Gasteiger partial charge in [0.1, 0.15) is 16.5 Å². The van der Waals surface area contributed by atoms with E-state index in [0.717, 1.165) is 23.3 Å². The minimum atomic E-state index is -4.24. The second-order valence-corrected chi connectivity index (χ2v) is 7.95. The Bertz CT molecular complexity index is 820. The third kappa shape index (κ3) is 3.75. The molecular formula is C18H21F2NO2S. The molecule has 0 aliphatic rings. The summed E-state index contributed by atoms with van der Waals surface area (Å²) in [5.74, 6) is -1.66. The summed E-state index contributed by atoms with van der Waals surface area (Å²) in [6.45, 7) is 7.78. The van der Waals surface area contributed by atoms with Gasteiger partial charge in [0.25, 0.3) is 10.0 Å². The van der Waals surface area contributed by atoms with Crippen molar-refractivity contribution >= 4 is 15.7 Å². The average molecular weight is 353 g/mol. The Kier molecular flexibility index (Phi) is 5.28. The molecule has 0 saturated heterocycles. The van der Waals surface area contributed by atoms with Crippen LogP contribution < -0.4 is 4.72 Å². The molecule has 0 atom stereocenters. The van der Waals surface area contributed by atoms with E-state index in [1.54, 1.807) is 0 Å². The molecule has 1 N–H and O–H groups in total. The summed E-state index contributed by atoms with van der Waals surface area (Å²) >= 11 is 0. The predicted molar refractivity (Wildman–Crippen MR) is 91.8 cm³/mol. The smallest absolute Gasteiger partial charge is 0.264 e. The number of halogens is 2. The van der Waals surface area contributed by atoms with Crippen LogP contribution >= 0.6 is 0 Å². The fraction of sp³-hybridized carbons (Fsp3) is 0.333. The molecule has 3 nitrogen and oxygen atoms in total. The van der Waals surface area contributed by atoms with Gasteiger partial charge in [-0.25, -0.2) is 17.2 Å². The van der Waals surface area contributed by atoms with Crippen LogP contribution in [0, 0.1) is 11.6 Å². The van der Waals surface area contributed by atoms with Crippen molar-refractivity contribution in [1.82, 2.24) is 0 Å². The van der Waals surface area contributed by atoms with E-state index in [0.29, 0.717) is 11.8 Å². The van der Waals surface area contributed by atoms with Gasteiger partial charge in [-0.15, -0.1) is 0 Å². The molecule has 6 heteroatoms. The molecular weight excluding hydrogens is 332 g/mol. The third-order valence-corrected chi connectivity index (χ3v) is 5.16. The predicted octanol–water partition coefficient (Wildman–Crippen LogP) is 5.01. The van der Waals surface area contributed by atoms with E-state index in [1.165, 1.54) is 0 Å². The molecule has 2 aromatic carbocycles. The topological polar surface area (TPSA) is 46.2 Å². The molecule has 0 aliphatic heterocycles. The molecule has 2 rings (SSSR count). The van der Waals surface area contributed by atoms with E-state index in [-0.39, 0.29) is 11.8 Å². The lowest BCUT2D eigenvalue weighted by Crippen LogP contribution is -2.18. The standard InChI is InChI=1S/C18H21F2NO2S/c1-11(2)14-6-5-7-15(12(3)4)18(14)21-24(22,23)17-10-13(19)8-9-16(17)20/h5-12,21H,1-4H3. The number of para-hydroxylation sites is 1. The van der Waals surface area contributed by atoms with Crippen molar-refractivity contribution in [1.29, 1.82) is 0 Å². The molecule has 0 saturated carbocycles. The second kappa shape index (κ2) is 6.89. The number of anilines is 1. The normalized spacial score (nSPS) is 12.0. The summed E-state index contributed by atoms with van der Waals surface area (Å²) in [6.07, 6.45) is 0. The number of benzene rings is 2. The Hall–Kier alpha value is -1.95. The maximum absolute atomic E-state index is 13.9. The summed E-state index contributed by atoms with van der Waals surface area (Å²) < 4.78 is 55.0. The van der Waals surface area contributed by atoms with Crippen molar-refractivity contribution < 1.29 is 17.2 Å². The molecule has 0 aliphatic carbocycles. The van der Waals surface area contributed by atoms with Gasteiger partial charge in [0.2, 0.25) is 0 Å². The van der Waals surface area contributed by atoms with Gasteiger partial charge in [0.05, 0.1) is 5.69 Å². The van der Waals surface area contributed by atoms with E-state index in [4.69, 9.17) is 0 Å². The van der Waals surface area contributed by atoms with Gasteiger partial charge < -0.3 is 0 Å². The van der Waals surface area contributed by atoms with Crippen LogP contribution in [0.1, 0.15) is 50.7 Å². The van der Waals surface area contributed by atoms with Crippen molar-refractivity contribution in [3.05, 3.63) is 59.2 Å². The van der Waals surface area contributed by atoms with Crippen LogP contribution in [0.5, 0.6) is 0 Å². The third-order valence-electron chi connectivity index (χ3n) is 3.79. The van der Waals surface area contributed by atoms with E-state index < -0.39 is 26.6 Å². The van der Waals surface area contributed by atoms with Gasteiger partial charge in [-0.1, -0.05) is 45.9 Å². The number of rotatable bonds is 5. The zero-order valence-corrected chi connectivity index (χ0v) is 14.9. The maximum Gasteiger partial charge on any atom is 0.264 e. The minimum absolute atomic E-state index is 0.0683. The van der Waals surface area contributed by atoms with Gasteiger partial charge in [-0.3, -0.25) is 4.72 Å². The van der Waals surface area contributed by atoms with Gasteiger partial charge in [-0.05, 0) is 41.2 Å². The molecule has 0 heterocycles. The number of hydrogen-bond acceptors (Lipinski definition) is 2. The van der Waals surface area contributed by atoms with E-state index in [9.17, 15) is 17.2 Å². The molecule has 0 amide bonds. The fourth-order valence-corrected chi connectivity index (χ4v) is 3.75. The summed E-state index contributed by atoms with van der Waals surface area (Å²) in [6, 6.07) is 7.90. The number of nitrogens with one attached hydrogen (secondary N) is 1. The van der Waals surface area contributed by atoms with Crippen molar-refractivity contribution in [2.45, 2.75) is 44.4 Å². The Balaban J connectivity index is 2.59. The Morgan fingerprint density at radius 1 is 0.917 bits per heavy atom. The van der Waals surface area contributed by atoms with Crippen LogP contribution in [0.3, 0.4) is 0 Å². The quantitative estimate of drug-likeness (QED) is 0.821. The molecule has 0 bridgehead atoms. The van der Waals surface area contributed by atoms with Gasteiger partial charge in [0, 0.05) is 0 Å². The molecule has 0 unspecified atom stereocenters. The Labute approximate surface area is 141 Å². The van der Waals surface area contributed by atoms with Crippen LogP contribution in [-0.2, 0) is 10.0 Å². The van der Waals surface area contributed by atoms with Gasteiger partial charge in [-0.2, -0.15) is 0 Å². The maximum atomic E-state index is 13.9. The van der Waals surface area contributed by atoms with Crippen molar-refractivity contribution in [3.8, 4) is 0 Å². The number of hydrogen-bond donors (Lipinski definition) is 1. The second-order valence-electron chi connectivity index (χ2n) is 6.30. The monoisotopic (exact) mass is 353 g/mol. The highest BCUT2D eigenvalue weighted by atomic mass is 32.2. The van der Waals surface area contributed by atoms with E-state index in [1.807, 2.05) is 45.9 Å².